The molecular formula is C13H14F3N3O3. The SMILES string of the molecule is O=C1CN(C(=O)CNc2ccccc2OC(F)(F)F)CCN1. The molecule has 0 saturated carbocycles. The van der Waals surface area contributed by atoms with Crippen LogP contribution < -0.4 is 15.4 Å². The minimum atomic E-state index is -4.81. The number of nitrogens with one attached hydrogen (secondary N) is 2. The lowest BCUT2D eigenvalue weighted by molar-refractivity contribution is -0.274. The van der Waals surface area contributed by atoms with E-state index in [4.69, 9.17) is 0 Å². The smallest absolute Gasteiger partial charge is 0.404 e. The molecule has 2 N–H and O–H groups in total. The van der Waals surface area contributed by atoms with Crippen LogP contribution in [0.1, 0.15) is 0 Å². The van der Waals surface area contributed by atoms with Crippen LogP contribution in [0.4, 0.5) is 18.9 Å². The lowest BCUT2D eigenvalue weighted by Crippen LogP contribution is -2.51. The summed E-state index contributed by atoms with van der Waals surface area (Å²) in [7, 11) is 0. The normalized spacial score (nSPS) is 15.2. The summed E-state index contributed by atoms with van der Waals surface area (Å²) in [5.74, 6) is -1.06. The van der Waals surface area contributed by atoms with Gasteiger partial charge in [0.05, 0.1) is 18.8 Å². The summed E-state index contributed by atoms with van der Waals surface area (Å²) in [6.45, 7) is 0.442. The van der Waals surface area contributed by atoms with Crippen LogP contribution in [-0.4, -0.2) is 49.3 Å². The van der Waals surface area contributed by atoms with Gasteiger partial charge in [-0.3, -0.25) is 9.59 Å². The number of piperazine rings is 1. The highest BCUT2D eigenvalue weighted by molar-refractivity contribution is 5.88. The fourth-order valence-electron chi connectivity index (χ4n) is 1.96. The van der Waals surface area contributed by atoms with Crippen LogP contribution in [0.5, 0.6) is 5.75 Å². The molecule has 0 unspecified atom stereocenters. The maximum absolute atomic E-state index is 12.3. The molecule has 0 aliphatic carbocycles. The number of carbonyl (C=O) groups excluding carboxylic acids is 2. The van der Waals surface area contributed by atoms with Gasteiger partial charge in [0.1, 0.15) is 0 Å². The Hall–Kier alpha value is -2.45. The molecule has 1 saturated heterocycles. The predicted octanol–water partition coefficient (Wildman–Crippen LogP) is 0.955. The first-order valence-electron chi connectivity index (χ1n) is 6.48. The number of rotatable bonds is 4. The van der Waals surface area contributed by atoms with E-state index in [9.17, 15) is 22.8 Å². The Morgan fingerprint density at radius 3 is 2.77 bits per heavy atom. The van der Waals surface area contributed by atoms with Gasteiger partial charge in [0.2, 0.25) is 11.8 Å². The molecule has 1 aliphatic heterocycles. The second kappa shape index (κ2) is 6.54. The molecule has 2 amide bonds. The third-order valence-corrected chi connectivity index (χ3v) is 2.93. The number of hydrogen-bond donors (Lipinski definition) is 2. The largest absolute Gasteiger partial charge is 0.573 e. The summed E-state index contributed by atoms with van der Waals surface area (Å²) in [5.41, 5.74) is 0.0506. The van der Waals surface area contributed by atoms with E-state index in [0.717, 1.165) is 6.07 Å². The number of anilines is 1. The van der Waals surface area contributed by atoms with Crippen molar-refractivity contribution in [1.29, 1.82) is 0 Å². The van der Waals surface area contributed by atoms with Crippen molar-refractivity contribution in [2.75, 3.05) is 31.5 Å². The Morgan fingerprint density at radius 2 is 2.09 bits per heavy atom. The van der Waals surface area contributed by atoms with Crippen LogP contribution in [0.15, 0.2) is 24.3 Å². The fraction of sp³-hybridized carbons (Fsp3) is 0.385. The predicted molar refractivity (Wildman–Crippen MR) is 71.2 cm³/mol. The van der Waals surface area contributed by atoms with Crippen LogP contribution in [0, 0.1) is 0 Å². The summed E-state index contributed by atoms with van der Waals surface area (Å²) in [6, 6.07) is 5.43. The molecule has 120 valence electrons. The average Bonchev–Trinajstić information content (AvgIpc) is 2.44. The van der Waals surface area contributed by atoms with Crippen molar-refractivity contribution in [3.63, 3.8) is 0 Å². The molecule has 6 nitrogen and oxygen atoms in total. The van der Waals surface area contributed by atoms with E-state index in [1.165, 1.54) is 23.1 Å². The molecule has 2 rings (SSSR count). The Morgan fingerprint density at radius 1 is 1.36 bits per heavy atom. The lowest BCUT2D eigenvalue weighted by atomic mass is 10.3. The van der Waals surface area contributed by atoms with Crippen molar-refractivity contribution in [2.45, 2.75) is 6.36 Å². The third kappa shape index (κ3) is 4.54. The number of para-hydroxylation sites is 2. The molecule has 0 atom stereocenters. The molecular weight excluding hydrogens is 303 g/mol. The summed E-state index contributed by atoms with van der Waals surface area (Å²) < 4.78 is 40.7. The molecule has 0 bridgehead atoms. The van der Waals surface area contributed by atoms with E-state index in [-0.39, 0.29) is 30.6 Å². The first-order chi connectivity index (χ1) is 10.3. The van der Waals surface area contributed by atoms with Gasteiger partial charge in [-0.15, -0.1) is 13.2 Å². The lowest BCUT2D eigenvalue weighted by Gasteiger charge is -2.27. The first kappa shape index (κ1) is 15.9. The summed E-state index contributed by atoms with van der Waals surface area (Å²) in [4.78, 5) is 24.5. The molecule has 22 heavy (non-hydrogen) atoms. The summed E-state index contributed by atoms with van der Waals surface area (Å²) in [6.07, 6.45) is -4.81. The Kier molecular flexibility index (Phi) is 4.74. The first-order valence-corrected chi connectivity index (χ1v) is 6.48. The highest BCUT2D eigenvalue weighted by Crippen LogP contribution is 2.29. The van der Waals surface area contributed by atoms with Crippen molar-refractivity contribution in [1.82, 2.24) is 10.2 Å². The van der Waals surface area contributed by atoms with Gasteiger partial charge in [-0.05, 0) is 12.1 Å². The minimum Gasteiger partial charge on any atom is -0.404 e. The van der Waals surface area contributed by atoms with E-state index in [1.807, 2.05) is 0 Å². The van der Waals surface area contributed by atoms with Crippen molar-refractivity contribution in [3.8, 4) is 5.75 Å². The van der Waals surface area contributed by atoms with Gasteiger partial charge in [0, 0.05) is 13.1 Å². The van der Waals surface area contributed by atoms with E-state index < -0.39 is 12.1 Å². The molecule has 0 radical (unpaired) electrons. The van der Waals surface area contributed by atoms with Crippen molar-refractivity contribution in [3.05, 3.63) is 24.3 Å². The van der Waals surface area contributed by atoms with Gasteiger partial charge < -0.3 is 20.3 Å². The van der Waals surface area contributed by atoms with Gasteiger partial charge in [0.25, 0.3) is 0 Å². The zero-order valence-electron chi connectivity index (χ0n) is 11.4. The molecule has 1 aliphatic rings. The van der Waals surface area contributed by atoms with Crippen LogP contribution >= 0.6 is 0 Å². The highest BCUT2D eigenvalue weighted by Gasteiger charge is 2.32. The molecule has 1 aromatic rings. The van der Waals surface area contributed by atoms with E-state index >= 15 is 0 Å². The number of carbonyl (C=O) groups is 2. The second-order valence-electron chi connectivity index (χ2n) is 4.56. The fourth-order valence-corrected chi connectivity index (χ4v) is 1.96. The topological polar surface area (TPSA) is 70.7 Å². The standard InChI is InChI=1S/C13H14F3N3O3/c14-13(15,16)22-10-4-2-1-3-9(10)18-7-12(21)19-6-5-17-11(20)8-19/h1-4,18H,5-8H2,(H,17,20). The number of alkyl halides is 3. The van der Waals surface area contributed by atoms with Crippen molar-refractivity contribution < 1.29 is 27.5 Å². The number of nitrogens with zero attached hydrogens (tertiary/aromatic N) is 1. The summed E-state index contributed by atoms with van der Waals surface area (Å²) in [5, 5.41) is 5.18. The number of halogens is 3. The van der Waals surface area contributed by atoms with Gasteiger partial charge in [0.15, 0.2) is 5.75 Å². The molecule has 1 heterocycles. The van der Waals surface area contributed by atoms with Gasteiger partial charge >= 0.3 is 6.36 Å². The zero-order chi connectivity index (χ0) is 16.2. The zero-order valence-corrected chi connectivity index (χ0v) is 11.4. The van der Waals surface area contributed by atoms with Gasteiger partial charge in [-0.2, -0.15) is 0 Å². The molecule has 1 fully saturated rings. The van der Waals surface area contributed by atoms with E-state index in [0.29, 0.717) is 13.1 Å². The maximum atomic E-state index is 12.3. The second-order valence-corrected chi connectivity index (χ2v) is 4.56. The summed E-state index contributed by atoms with van der Waals surface area (Å²) >= 11 is 0. The average molecular weight is 317 g/mol. The Labute approximate surface area is 124 Å². The van der Waals surface area contributed by atoms with E-state index in [2.05, 4.69) is 15.4 Å². The maximum Gasteiger partial charge on any atom is 0.573 e. The van der Waals surface area contributed by atoms with Crippen LogP contribution in [-0.2, 0) is 9.59 Å². The van der Waals surface area contributed by atoms with Crippen LogP contribution in [0.2, 0.25) is 0 Å². The van der Waals surface area contributed by atoms with Crippen LogP contribution in [0.3, 0.4) is 0 Å². The molecule has 0 aromatic heterocycles. The van der Waals surface area contributed by atoms with E-state index in [1.54, 1.807) is 0 Å². The Bertz CT molecular complexity index is 563. The number of ether oxygens (including phenoxy) is 1. The monoisotopic (exact) mass is 317 g/mol. The van der Waals surface area contributed by atoms with Crippen molar-refractivity contribution >= 4 is 17.5 Å². The van der Waals surface area contributed by atoms with Crippen LogP contribution in [0.25, 0.3) is 0 Å². The third-order valence-electron chi connectivity index (χ3n) is 2.93. The van der Waals surface area contributed by atoms with Gasteiger partial charge in [-0.25, -0.2) is 0 Å². The molecule has 1 aromatic carbocycles. The molecule has 9 heteroatoms. The Balaban J connectivity index is 1.96. The quantitative estimate of drug-likeness (QED) is 0.868. The highest BCUT2D eigenvalue weighted by atomic mass is 19.4. The van der Waals surface area contributed by atoms with Crippen molar-refractivity contribution in [2.24, 2.45) is 0 Å². The van der Waals surface area contributed by atoms with Gasteiger partial charge in [-0.1, -0.05) is 12.1 Å². The number of benzene rings is 1. The number of hydrogen-bond acceptors (Lipinski definition) is 4. The minimum absolute atomic E-state index is 0.0506. The number of amides is 2. The molecule has 0 spiro atoms.